The molecule has 0 saturated heterocycles. The number of ether oxygens (including phenoxy) is 1. The number of pyridine rings is 1. The molecule has 2 rings (SSSR count). The number of hydrogen-bond donors (Lipinski definition) is 0. The van der Waals surface area contributed by atoms with Crippen LogP contribution in [-0.4, -0.2) is 11.6 Å². The van der Waals surface area contributed by atoms with Crippen molar-refractivity contribution in [2.75, 3.05) is 6.61 Å². The minimum absolute atomic E-state index is 0.743. The molecular formula is C17H23NO. The van der Waals surface area contributed by atoms with Gasteiger partial charge in [0.05, 0.1) is 6.61 Å². The lowest BCUT2D eigenvalue weighted by Crippen LogP contribution is -1.98. The molecule has 0 aliphatic heterocycles. The predicted molar refractivity (Wildman–Crippen MR) is 80.6 cm³/mol. The van der Waals surface area contributed by atoms with Crippen molar-refractivity contribution in [1.82, 2.24) is 4.98 Å². The number of rotatable bonds is 8. The van der Waals surface area contributed by atoms with E-state index in [-0.39, 0.29) is 0 Å². The number of fused-ring (bicyclic) bond motifs is 1. The molecule has 0 bridgehead atoms. The highest BCUT2D eigenvalue weighted by atomic mass is 16.5. The number of nitrogens with zero attached hydrogens (tertiary/aromatic N) is 1. The van der Waals surface area contributed by atoms with Crippen LogP contribution in [-0.2, 0) is 0 Å². The van der Waals surface area contributed by atoms with Crippen LogP contribution in [0.4, 0.5) is 0 Å². The summed E-state index contributed by atoms with van der Waals surface area (Å²) in [4.78, 5) is 4.33. The average Bonchev–Trinajstić information content (AvgIpc) is 2.46. The third-order valence-corrected chi connectivity index (χ3v) is 3.35. The van der Waals surface area contributed by atoms with Gasteiger partial charge in [-0.3, -0.25) is 0 Å². The van der Waals surface area contributed by atoms with E-state index in [4.69, 9.17) is 4.74 Å². The van der Waals surface area contributed by atoms with E-state index >= 15 is 0 Å². The Labute approximate surface area is 115 Å². The molecule has 1 aromatic heterocycles. The maximum atomic E-state index is 5.71. The Bertz CT molecular complexity index is 495. The normalized spacial score (nSPS) is 10.8. The van der Waals surface area contributed by atoms with Crippen LogP contribution >= 0.6 is 0 Å². The lowest BCUT2D eigenvalue weighted by molar-refractivity contribution is 0.294. The van der Waals surface area contributed by atoms with Gasteiger partial charge in [0.2, 0.25) is 5.88 Å². The largest absolute Gasteiger partial charge is 0.478 e. The topological polar surface area (TPSA) is 22.1 Å². The Balaban J connectivity index is 1.72. The molecule has 0 atom stereocenters. The second kappa shape index (κ2) is 7.78. The van der Waals surface area contributed by atoms with E-state index < -0.39 is 0 Å². The molecule has 0 fully saturated rings. The van der Waals surface area contributed by atoms with E-state index in [1.165, 1.54) is 37.5 Å². The monoisotopic (exact) mass is 257 g/mol. The maximum Gasteiger partial charge on any atom is 0.213 e. The van der Waals surface area contributed by atoms with E-state index in [0.717, 1.165) is 24.3 Å². The Morgan fingerprint density at radius 2 is 1.68 bits per heavy atom. The molecule has 0 radical (unpaired) electrons. The molecule has 0 aliphatic carbocycles. The Hall–Kier alpha value is -1.57. The zero-order valence-electron chi connectivity index (χ0n) is 11.8. The van der Waals surface area contributed by atoms with Crippen molar-refractivity contribution in [3.05, 3.63) is 36.5 Å². The van der Waals surface area contributed by atoms with Crippen LogP contribution in [0.1, 0.15) is 45.4 Å². The second-order valence-electron chi connectivity index (χ2n) is 4.99. The van der Waals surface area contributed by atoms with Gasteiger partial charge in [-0.1, -0.05) is 63.3 Å². The fourth-order valence-corrected chi connectivity index (χ4v) is 2.20. The smallest absolute Gasteiger partial charge is 0.213 e. The first kappa shape index (κ1) is 13.9. The number of unbranched alkanes of at least 4 members (excludes halogenated alkanes) is 5. The SMILES string of the molecule is CCCCCCCCOc1cc2ccccc2cn1. The fraction of sp³-hybridized carbons (Fsp3) is 0.471. The van der Waals surface area contributed by atoms with E-state index in [2.05, 4.69) is 24.0 Å². The van der Waals surface area contributed by atoms with Gasteiger partial charge in [0, 0.05) is 17.6 Å². The van der Waals surface area contributed by atoms with Crippen LogP contribution in [0.2, 0.25) is 0 Å². The van der Waals surface area contributed by atoms with Gasteiger partial charge in [0.25, 0.3) is 0 Å². The standard InChI is InChI=1S/C17H23NO/c1-2-3-4-5-6-9-12-19-17-13-15-10-7-8-11-16(15)14-18-17/h7-8,10-11,13-14H,2-6,9,12H2,1H3. The van der Waals surface area contributed by atoms with Crippen LogP contribution in [0.15, 0.2) is 36.5 Å². The first-order chi connectivity index (χ1) is 9.40. The molecule has 0 aliphatic rings. The lowest BCUT2D eigenvalue weighted by atomic mass is 10.1. The number of hydrogen-bond acceptors (Lipinski definition) is 2. The van der Waals surface area contributed by atoms with E-state index in [1.807, 2.05) is 24.4 Å². The maximum absolute atomic E-state index is 5.71. The zero-order valence-corrected chi connectivity index (χ0v) is 11.8. The second-order valence-corrected chi connectivity index (χ2v) is 4.99. The van der Waals surface area contributed by atoms with Gasteiger partial charge in [-0.25, -0.2) is 4.98 Å². The first-order valence-electron chi connectivity index (χ1n) is 7.38. The molecule has 0 unspecified atom stereocenters. The van der Waals surface area contributed by atoms with Crippen molar-refractivity contribution in [3.8, 4) is 5.88 Å². The summed E-state index contributed by atoms with van der Waals surface area (Å²) in [6, 6.07) is 10.3. The van der Waals surface area contributed by atoms with Gasteiger partial charge in [0.15, 0.2) is 0 Å². The van der Waals surface area contributed by atoms with Gasteiger partial charge in [0.1, 0.15) is 0 Å². The molecule has 102 valence electrons. The summed E-state index contributed by atoms with van der Waals surface area (Å²) in [5.74, 6) is 0.743. The summed E-state index contributed by atoms with van der Waals surface area (Å²) in [5, 5.41) is 2.35. The van der Waals surface area contributed by atoms with Crippen molar-refractivity contribution >= 4 is 10.8 Å². The fourth-order valence-electron chi connectivity index (χ4n) is 2.20. The minimum Gasteiger partial charge on any atom is -0.478 e. The molecule has 2 nitrogen and oxygen atoms in total. The minimum atomic E-state index is 0.743. The van der Waals surface area contributed by atoms with Crippen molar-refractivity contribution in [2.45, 2.75) is 45.4 Å². The Kier molecular flexibility index (Phi) is 5.67. The summed E-state index contributed by atoms with van der Waals surface area (Å²) in [6.07, 6.45) is 9.59. The molecule has 2 heteroatoms. The molecule has 1 aromatic carbocycles. The van der Waals surface area contributed by atoms with Crippen LogP contribution in [0.25, 0.3) is 10.8 Å². The van der Waals surface area contributed by atoms with E-state index in [9.17, 15) is 0 Å². The molecule has 0 amide bonds. The van der Waals surface area contributed by atoms with Crippen molar-refractivity contribution in [2.24, 2.45) is 0 Å². The van der Waals surface area contributed by atoms with Crippen molar-refractivity contribution < 1.29 is 4.74 Å². The van der Waals surface area contributed by atoms with E-state index in [1.54, 1.807) is 0 Å². The molecule has 0 spiro atoms. The zero-order chi connectivity index (χ0) is 13.3. The summed E-state index contributed by atoms with van der Waals surface area (Å²) in [6.45, 7) is 3.02. The van der Waals surface area contributed by atoms with Crippen LogP contribution in [0.5, 0.6) is 5.88 Å². The first-order valence-corrected chi connectivity index (χ1v) is 7.38. The molecule has 2 aromatic rings. The highest BCUT2D eigenvalue weighted by molar-refractivity contribution is 5.82. The Morgan fingerprint density at radius 3 is 2.53 bits per heavy atom. The quantitative estimate of drug-likeness (QED) is 0.623. The van der Waals surface area contributed by atoms with Crippen LogP contribution < -0.4 is 4.74 Å². The number of aromatic nitrogens is 1. The summed E-state index contributed by atoms with van der Waals surface area (Å²) in [7, 11) is 0. The predicted octanol–water partition coefficient (Wildman–Crippen LogP) is 4.97. The van der Waals surface area contributed by atoms with Crippen molar-refractivity contribution in [1.29, 1.82) is 0 Å². The Morgan fingerprint density at radius 1 is 0.947 bits per heavy atom. The molecular weight excluding hydrogens is 234 g/mol. The van der Waals surface area contributed by atoms with Gasteiger partial charge < -0.3 is 4.74 Å². The average molecular weight is 257 g/mol. The van der Waals surface area contributed by atoms with Gasteiger partial charge >= 0.3 is 0 Å². The number of benzene rings is 1. The van der Waals surface area contributed by atoms with Gasteiger partial charge in [-0.15, -0.1) is 0 Å². The summed E-state index contributed by atoms with van der Waals surface area (Å²) in [5.41, 5.74) is 0. The third kappa shape index (κ3) is 4.55. The molecule has 1 heterocycles. The lowest BCUT2D eigenvalue weighted by Gasteiger charge is -2.06. The highest BCUT2D eigenvalue weighted by Gasteiger charge is 1.98. The van der Waals surface area contributed by atoms with Gasteiger partial charge in [-0.2, -0.15) is 0 Å². The van der Waals surface area contributed by atoms with Crippen molar-refractivity contribution in [3.63, 3.8) is 0 Å². The van der Waals surface area contributed by atoms with E-state index in [0.29, 0.717) is 0 Å². The summed E-state index contributed by atoms with van der Waals surface area (Å²) >= 11 is 0. The third-order valence-electron chi connectivity index (χ3n) is 3.35. The van der Waals surface area contributed by atoms with Crippen LogP contribution in [0.3, 0.4) is 0 Å². The molecule has 19 heavy (non-hydrogen) atoms. The molecule has 0 N–H and O–H groups in total. The highest BCUT2D eigenvalue weighted by Crippen LogP contribution is 2.17. The molecule has 0 saturated carbocycles. The summed E-state index contributed by atoms with van der Waals surface area (Å²) < 4.78 is 5.71. The van der Waals surface area contributed by atoms with Crippen LogP contribution in [0, 0.1) is 0 Å². The van der Waals surface area contributed by atoms with Gasteiger partial charge in [-0.05, 0) is 11.8 Å².